The quantitative estimate of drug-likeness (QED) is 0.499. The van der Waals surface area contributed by atoms with E-state index in [-0.39, 0.29) is 5.82 Å². The van der Waals surface area contributed by atoms with Gasteiger partial charge >= 0.3 is 0 Å². The van der Waals surface area contributed by atoms with Gasteiger partial charge < -0.3 is 9.51 Å². The van der Waals surface area contributed by atoms with Crippen molar-refractivity contribution in [3.8, 4) is 0 Å². The van der Waals surface area contributed by atoms with E-state index in [9.17, 15) is 4.39 Å². The summed E-state index contributed by atoms with van der Waals surface area (Å²) in [5.74, 6) is -0.151. The molecule has 29 heavy (non-hydrogen) atoms. The summed E-state index contributed by atoms with van der Waals surface area (Å²) in [5, 5.41) is 6.48. The minimum Gasteiger partial charge on any atom is -0.358 e. The molecule has 1 saturated heterocycles. The van der Waals surface area contributed by atoms with Gasteiger partial charge in [0.2, 0.25) is 0 Å². The second-order valence-corrected chi connectivity index (χ2v) is 8.48. The highest BCUT2D eigenvalue weighted by Gasteiger charge is 2.38. The van der Waals surface area contributed by atoms with Crippen molar-refractivity contribution in [2.45, 2.75) is 50.6 Å². The summed E-state index contributed by atoms with van der Waals surface area (Å²) in [7, 11) is 0. The van der Waals surface area contributed by atoms with E-state index in [4.69, 9.17) is 4.52 Å². The maximum Gasteiger partial charge on any atom is 0.167 e. The first kappa shape index (κ1) is 17.2. The summed E-state index contributed by atoms with van der Waals surface area (Å²) in [6.07, 6.45) is 6.65. The molecule has 5 heteroatoms. The van der Waals surface area contributed by atoms with Gasteiger partial charge in [-0.25, -0.2) is 4.39 Å². The summed E-state index contributed by atoms with van der Waals surface area (Å²) in [6, 6.07) is 14.2. The first-order chi connectivity index (χ1) is 14.3. The lowest BCUT2D eigenvalue weighted by molar-refractivity contribution is 0.0682. The highest BCUT2D eigenvalue weighted by molar-refractivity contribution is 5.85. The third kappa shape index (κ3) is 2.79. The van der Waals surface area contributed by atoms with Crippen LogP contribution in [0.1, 0.15) is 48.7 Å². The van der Waals surface area contributed by atoms with Gasteiger partial charge in [-0.2, -0.15) is 0 Å². The fourth-order valence-electron chi connectivity index (χ4n) is 5.57. The number of halogens is 1. The molecule has 2 aliphatic heterocycles. The van der Waals surface area contributed by atoms with Crippen molar-refractivity contribution in [1.29, 1.82) is 0 Å². The number of H-pyrrole nitrogens is 1. The smallest absolute Gasteiger partial charge is 0.167 e. The van der Waals surface area contributed by atoms with Gasteiger partial charge in [-0.15, -0.1) is 0 Å². The number of nitrogens with zero attached hydrogens (tertiary/aromatic N) is 2. The summed E-state index contributed by atoms with van der Waals surface area (Å²) in [5.41, 5.74) is 5.64. The summed E-state index contributed by atoms with van der Waals surface area (Å²) < 4.78 is 19.4. The number of aromatic amines is 1. The van der Waals surface area contributed by atoms with E-state index in [1.807, 2.05) is 24.3 Å². The molecule has 0 amide bonds. The van der Waals surface area contributed by atoms with Crippen molar-refractivity contribution in [2.75, 3.05) is 6.54 Å². The topological polar surface area (TPSA) is 45.1 Å². The maximum absolute atomic E-state index is 13.9. The molecule has 2 aromatic carbocycles. The Labute approximate surface area is 168 Å². The number of aryl methyl sites for hydroxylation is 1. The Morgan fingerprint density at radius 1 is 1.14 bits per heavy atom. The normalized spacial score (nSPS) is 21.7. The molecular formula is C24H24FN3O. The number of fused-ring (bicyclic) bond motifs is 7. The van der Waals surface area contributed by atoms with Crippen molar-refractivity contribution in [3.05, 3.63) is 65.2 Å². The average Bonchev–Trinajstić information content (AvgIpc) is 3.29. The van der Waals surface area contributed by atoms with Crippen LogP contribution in [0.2, 0.25) is 0 Å². The van der Waals surface area contributed by atoms with E-state index < -0.39 is 0 Å². The second kappa shape index (κ2) is 6.70. The number of rotatable bonds is 4. The molecule has 4 aromatic rings. The SMILES string of the molecule is Fc1ccc2[nH]c3c(c2c1)[C@H]1CCC[C@@H](C3)N1CCCc1noc2ccccc12. The van der Waals surface area contributed by atoms with Crippen molar-refractivity contribution >= 4 is 21.9 Å². The minimum absolute atomic E-state index is 0.151. The number of benzene rings is 2. The van der Waals surface area contributed by atoms with E-state index in [1.54, 1.807) is 12.1 Å². The molecule has 2 bridgehead atoms. The Morgan fingerprint density at radius 2 is 2.07 bits per heavy atom. The zero-order chi connectivity index (χ0) is 19.4. The monoisotopic (exact) mass is 389 g/mol. The lowest BCUT2D eigenvalue weighted by Crippen LogP contribution is -2.47. The van der Waals surface area contributed by atoms with Crippen LogP contribution in [0.25, 0.3) is 21.9 Å². The Hall–Kier alpha value is -2.66. The number of nitrogens with one attached hydrogen (secondary N) is 1. The number of para-hydroxylation sites is 1. The van der Waals surface area contributed by atoms with E-state index >= 15 is 0 Å². The summed E-state index contributed by atoms with van der Waals surface area (Å²) >= 11 is 0. The molecule has 4 heterocycles. The minimum atomic E-state index is -0.151. The van der Waals surface area contributed by atoms with Gasteiger partial charge in [-0.1, -0.05) is 17.3 Å². The van der Waals surface area contributed by atoms with E-state index in [1.165, 1.54) is 24.1 Å². The fourth-order valence-corrected chi connectivity index (χ4v) is 5.57. The molecule has 2 atom stereocenters. The number of hydrogen-bond acceptors (Lipinski definition) is 3. The molecule has 0 spiro atoms. The molecule has 0 aliphatic carbocycles. The molecule has 0 radical (unpaired) electrons. The molecule has 4 nitrogen and oxygen atoms in total. The molecule has 0 unspecified atom stereocenters. The van der Waals surface area contributed by atoms with E-state index in [0.29, 0.717) is 12.1 Å². The zero-order valence-electron chi connectivity index (χ0n) is 16.3. The van der Waals surface area contributed by atoms with Crippen LogP contribution >= 0.6 is 0 Å². The van der Waals surface area contributed by atoms with E-state index in [2.05, 4.69) is 21.1 Å². The number of piperidine rings is 1. The first-order valence-electron chi connectivity index (χ1n) is 10.7. The van der Waals surface area contributed by atoms with Gasteiger partial charge in [-0.3, -0.25) is 4.90 Å². The Balaban J connectivity index is 1.26. The average molecular weight is 389 g/mol. The Kier molecular flexibility index (Phi) is 3.98. The maximum atomic E-state index is 13.9. The van der Waals surface area contributed by atoms with Crippen LogP contribution < -0.4 is 0 Å². The van der Waals surface area contributed by atoms with Crippen LogP contribution in [0, 0.1) is 5.82 Å². The van der Waals surface area contributed by atoms with Crippen LogP contribution in [0.5, 0.6) is 0 Å². The molecule has 1 N–H and O–H groups in total. The summed E-state index contributed by atoms with van der Waals surface area (Å²) in [4.78, 5) is 6.25. The van der Waals surface area contributed by atoms with Gasteiger partial charge in [0, 0.05) is 40.5 Å². The molecule has 2 aliphatic rings. The third-order valence-electron chi connectivity index (χ3n) is 6.82. The van der Waals surface area contributed by atoms with E-state index in [0.717, 1.165) is 59.8 Å². The van der Waals surface area contributed by atoms with Gasteiger partial charge in [0.1, 0.15) is 5.82 Å². The molecule has 1 fully saturated rings. The van der Waals surface area contributed by atoms with Crippen molar-refractivity contribution < 1.29 is 8.91 Å². The molecule has 6 rings (SSSR count). The van der Waals surface area contributed by atoms with Crippen LogP contribution in [0.3, 0.4) is 0 Å². The largest absolute Gasteiger partial charge is 0.358 e. The Morgan fingerprint density at radius 3 is 3.03 bits per heavy atom. The van der Waals surface area contributed by atoms with Crippen molar-refractivity contribution in [1.82, 2.24) is 15.0 Å². The van der Waals surface area contributed by atoms with Gasteiger partial charge in [0.25, 0.3) is 0 Å². The lowest BCUT2D eigenvalue weighted by Gasteiger charge is -2.46. The first-order valence-corrected chi connectivity index (χ1v) is 10.7. The second-order valence-electron chi connectivity index (χ2n) is 8.48. The molecule has 0 saturated carbocycles. The fraction of sp³-hybridized carbons (Fsp3) is 0.375. The van der Waals surface area contributed by atoms with Crippen molar-refractivity contribution in [2.24, 2.45) is 0 Å². The van der Waals surface area contributed by atoms with Crippen LogP contribution in [0.15, 0.2) is 47.0 Å². The molecule has 2 aromatic heterocycles. The predicted molar refractivity (Wildman–Crippen MR) is 111 cm³/mol. The van der Waals surface area contributed by atoms with Gasteiger partial charge in [0.15, 0.2) is 5.58 Å². The van der Waals surface area contributed by atoms with Crippen LogP contribution in [-0.2, 0) is 12.8 Å². The highest BCUT2D eigenvalue weighted by Crippen LogP contribution is 2.45. The van der Waals surface area contributed by atoms with Gasteiger partial charge in [-0.05, 0) is 74.5 Å². The molecule has 148 valence electrons. The highest BCUT2D eigenvalue weighted by atomic mass is 19.1. The number of aromatic nitrogens is 2. The van der Waals surface area contributed by atoms with Crippen LogP contribution in [-0.4, -0.2) is 27.6 Å². The lowest BCUT2D eigenvalue weighted by atomic mass is 9.82. The summed E-state index contributed by atoms with van der Waals surface area (Å²) in [6.45, 7) is 1.04. The third-order valence-corrected chi connectivity index (χ3v) is 6.82. The Bertz CT molecular complexity index is 1190. The number of hydrogen-bond donors (Lipinski definition) is 1. The van der Waals surface area contributed by atoms with Gasteiger partial charge in [0.05, 0.1) is 5.69 Å². The predicted octanol–water partition coefficient (Wildman–Crippen LogP) is 5.53. The van der Waals surface area contributed by atoms with Crippen LogP contribution in [0.4, 0.5) is 4.39 Å². The zero-order valence-corrected chi connectivity index (χ0v) is 16.3. The standard InChI is InChI=1S/C24H24FN3O/c25-15-10-11-19-18(13-15)24-21(26-19)14-16-5-3-8-22(24)28(16)12-4-7-20-17-6-1-2-9-23(17)29-27-20/h1-2,6,9-11,13,16,22,26H,3-5,7-8,12,14H2/t16-,22+/m0/s1. The van der Waals surface area contributed by atoms with Crippen molar-refractivity contribution in [3.63, 3.8) is 0 Å². The molecular weight excluding hydrogens is 365 g/mol.